The van der Waals surface area contributed by atoms with Crippen LogP contribution in [0.1, 0.15) is 16.8 Å². The molecule has 0 fully saturated rings. The quantitative estimate of drug-likeness (QED) is 0.729. The Morgan fingerprint density at radius 2 is 1.94 bits per heavy atom. The van der Waals surface area contributed by atoms with Gasteiger partial charge in [-0.1, -0.05) is 17.7 Å². The first kappa shape index (κ1) is 14.0. The molecule has 0 unspecified atom stereocenters. The third-order valence-electron chi connectivity index (χ3n) is 2.66. The molecule has 1 aromatic rings. The van der Waals surface area contributed by atoms with Crippen LogP contribution in [0.25, 0.3) is 0 Å². The summed E-state index contributed by atoms with van der Waals surface area (Å²) < 4.78 is 0. The molecule has 0 spiro atoms. The van der Waals surface area contributed by atoms with Gasteiger partial charge < -0.3 is 9.80 Å². The minimum Gasteiger partial charge on any atom is -0.374 e. The second-order valence-corrected chi connectivity index (χ2v) is 4.78. The van der Waals surface area contributed by atoms with Crippen molar-refractivity contribution in [2.75, 3.05) is 39.1 Å². The monoisotopic (exact) mass is 254 g/mol. The number of hydrogen-bond donors (Lipinski definition) is 0. The summed E-state index contributed by atoms with van der Waals surface area (Å²) in [4.78, 5) is 15.2. The van der Waals surface area contributed by atoms with E-state index in [-0.39, 0.29) is 0 Å². The molecule has 0 saturated heterocycles. The van der Waals surface area contributed by atoms with Crippen molar-refractivity contribution >= 4 is 23.6 Å². The van der Waals surface area contributed by atoms with E-state index in [9.17, 15) is 4.79 Å². The van der Waals surface area contributed by atoms with Crippen molar-refractivity contribution in [1.82, 2.24) is 4.90 Å². The van der Waals surface area contributed by atoms with E-state index in [2.05, 4.69) is 23.9 Å². The minimum absolute atomic E-state index is 0.511. The number of aldehydes is 1. The average molecular weight is 255 g/mol. The fourth-order valence-electron chi connectivity index (χ4n) is 1.72. The lowest BCUT2D eigenvalue weighted by molar-refractivity contribution is 0.112. The number of nitrogens with zero attached hydrogens (tertiary/aromatic N) is 2. The van der Waals surface area contributed by atoms with Gasteiger partial charge in [0.25, 0.3) is 0 Å². The number of halogens is 1. The van der Waals surface area contributed by atoms with Crippen molar-refractivity contribution < 1.29 is 4.79 Å². The molecule has 4 heteroatoms. The van der Waals surface area contributed by atoms with Crippen molar-refractivity contribution in [3.63, 3.8) is 0 Å². The molecule has 0 aliphatic heterocycles. The largest absolute Gasteiger partial charge is 0.374 e. The molecule has 3 nitrogen and oxygen atoms in total. The van der Waals surface area contributed by atoms with E-state index in [0.29, 0.717) is 10.6 Å². The van der Waals surface area contributed by atoms with Gasteiger partial charge in [-0.05, 0) is 39.2 Å². The second kappa shape index (κ2) is 6.62. The zero-order valence-electron chi connectivity index (χ0n) is 10.6. The van der Waals surface area contributed by atoms with Crippen molar-refractivity contribution in [1.29, 1.82) is 0 Å². The van der Waals surface area contributed by atoms with E-state index in [0.717, 1.165) is 31.5 Å². The molecule has 17 heavy (non-hydrogen) atoms. The Kier molecular flexibility index (Phi) is 5.45. The third-order valence-corrected chi connectivity index (χ3v) is 2.99. The molecule has 0 aliphatic carbocycles. The number of rotatable bonds is 6. The lowest BCUT2D eigenvalue weighted by Crippen LogP contribution is -2.24. The molecule has 94 valence electrons. The van der Waals surface area contributed by atoms with E-state index < -0.39 is 0 Å². The van der Waals surface area contributed by atoms with Gasteiger partial charge in [0, 0.05) is 19.3 Å². The Bertz CT molecular complexity index is 380. The zero-order valence-corrected chi connectivity index (χ0v) is 11.4. The van der Waals surface area contributed by atoms with Crippen LogP contribution in [0.4, 0.5) is 5.69 Å². The first-order chi connectivity index (χ1) is 8.06. The van der Waals surface area contributed by atoms with E-state index in [1.54, 1.807) is 6.07 Å². The fourth-order valence-corrected chi connectivity index (χ4v) is 1.93. The molecule has 0 aliphatic rings. The molecule has 0 bridgehead atoms. The molecular formula is C13H19ClN2O. The van der Waals surface area contributed by atoms with Crippen LogP contribution >= 0.6 is 11.6 Å². The zero-order chi connectivity index (χ0) is 12.8. The van der Waals surface area contributed by atoms with Crippen molar-refractivity contribution in [3.05, 3.63) is 28.8 Å². The topological polar surface area (TPSA) is 23.6 Å². The van der Waals surface area contributed by atoms with Crippen LogP contribution in [0.2, 0.25) is 5.02 Å². The number of hydrogen-bond acceptors (Lipinski definition) is 3. The molecule has 0 radical (unpaired) electrons. The molecule has 0 amide bonds. The van der Waals surface area contributed by atoms with Crippen LogP contribution in [-0.4, -0.2) is 45.4 Å². The van der Waals surface area contributed by atoms with Gasteiger partial charge >= 0.3 is 0 Å². The Balaban J connectivity index is 2.71. The Labute approximate surface area is 108 Å². The fraction of sp³-hybridized carbons (Fsp3) is 0.462. The van der Waals surface area contributed by atoms with Crippen molar-refractivity contribution in [2.24, 2.45) is 0 Å². The number of benzene rings is 1. The van der Waals surface area contributed by atoms with Gasteiger partial charge in [-0.15, -0.1) is 0 Å². The maximum Gasteiger partial charge on any atom is 0.153 e. The van der Waals surface area contributed by atoms with E-state index >= 15 is 0 Å². The summed E-state index contributed by atoms with van der Waals surface area (Å²) in [7, 11) is 6.08. The number of carbonyl (C=O) groups excluding carboxylic acids is 1. The molecule has 0 aromatic heterocycles. The first-order valence-corrected chi connectivity index (χ1v) is 6.03. The van der Waals surface area contributed by atoms with Gasteiger partial charge in [0.05, 0.1) is 10.6 Å². The van der Waals surface area contributed by atoms with E-state index in [1.165, 1.54) is 0 Å². The predicted molar refractivity (Wildman–Crippen MR) is 73.3 cm³/mol. The number of anilines is 1. The molecule has 0 N–H and O–H groups in total. The highest BCUT2D eigenvalue weighted by Gasteiger charge is 2.09. The minimum atomic E-state index is 0.511. The third kappa shape index (κ3) is 4.02. The van der Waals surface area contributed by atoms with Gasteiger partial charge in [-0.25, -0.2) is 0 Å². The molecule has 0 atom stereocenters. The van der Waals surface area contributed by atoms with Crippen LogP contribution in [0.5, 0.6) is 0 Å². The summed E-state index contributed by atoms with van der Waals surface area (Å²) in [5, 5.41) is 0.511. The number of carbonyl (C=O) groups is 1. The smallest absolute Gasteiger partial charge is 0.153 e. The summed E-state index contributed by atoms with van der Waals surface area (Å²) in [6.45, 7) is 1.93. The SMILES string of the molecule is CN(C)CCCN(C)c1cccc(Cl)c1C=O. The highest BCUT2D eigenvalue weighted by atomic mass is 35.5. The summed E-state index contributed by atoms with van der Waals surface area (Å²) in [6.07, 6.45) is 1.87. The standard InChI is InChI=1S/C13H19ClN2O/c1-15(2)8-5-9-16(3)13-7-4-6-12(14)11(13)10-17/h4,6-7,10H,5,8-9H2,1-3H3. The van der Waals surface area contributed by atoms with E-state index in [4.69, 9.17) is 11.6 Å². The first-order valence-electron chi connectivity index (χ1n) is 5.66. The van der Waals surface area contributed by atoms with Crippen molar-refractivity contribution in [2.45, 2.75) is 6.42 Å². The van der Waals surface area contributed by atoms with Crippen LogP contribution in [0.15, 0.2) is 18.2 Å². The van der Waals surface area contributed by atoms with Crippen LogP contribution < -0.4 is 4.90 Å². The highest BCUT2D eigenvalue weighted by molar-refractivity contribution is 6.33. The Hall–Kier alpha value is -1.06. The van der Waals surface area contributed by atoms with Crippen LogP contribution in [-0.2, 0) is 0 Å². The Morgan fingerprint density at radius 3 is 2.53 bits per heavy atom. The molecular weight excluding hydrogens is 236 g/mol. The summed E-state index contributed by atoms with van der Waals surface area (Å²) in [5.74, 6) is 0. The van der Waals surface area contributed by atoms with Crippen LogP contribution in [0, 0.1) is 0 Å². The van der Waals surface area contributed by atoms with Gasteiger partial charge in [0.15, 0.2) is 6.29 Å². The van der Waals surface area contributed by atoms with Gasteiger partial charge in [-0.2, -0.15) is 0 Å². The maximum absolute atomic E-state index is 11.0. The lowest BCUT2D eigenvalue weighted by atomic mass is 10.1. The summed E-state index contributed by atoms with van der Waals surface area (Å²) in [5.41, 5.74) is 1.47. The maximum atomic E-state index is 11.0. The molecule has 1 rings (SSSR count). The lowest BCUT2D eigenvalue weighted by Gasteiger charge is -2.22. The van der Waals surface area contributed by atoms with Crippen LogP contribution in [0.3, 0.4) is 0 Å². The Morgan fingerprint density at radius 1 is 1.24 bits per heavy atom. The van der Waals surface area contributed by atoms with Crippen molar-refractivity contribution in [3.8, 4) is 0 Å². The normalized spacial score (nSPS) is 10.6. The highest BCUT2D eigenvalue weighted by Crippen LogP contribution is 2.25. The average Bonchev–Trinajstić information content (AvgIpc) is 2.28. The molecule has 0 heterocycles. The van der Waals surface area contributed by atoms with E-state index in [1.807, 2.05) is 19.2 Å². The summed E-state index contributed by atoms with van der Waals surface area (Å²) in [6, 6.07) is 5.53. The van der Waals surface area contributed by atoms with Gasteiger partial charge in [0.2, 0.25) is 0 Å². The second-order valence-electron chi connectivity index (χ2n) is 4.37. The van der Waals surface area contributed by atoms with Gasteiger partial charge in [-0.3, -0.25) is 4.79 Å². The molecule has 1 aromatic carbocycles. The molecule has 0 saturated carbocycles. The van der Waals surface area contributed by atoms with Gasteiger partial charge in [0.1, 0.15) is 0 Å². The predicted octanol–water partition coefficient (Wildman–Crippen LogP) is 2.54. The summed E-state index contributed by atoms with van der Waals surface area (Å²) >= 11 is 5.99.